The molecule has 1 unspecified atom stereocenters. The van der Waals surface area contributed by atoms with Crippen molar-refractivity contribution < 1.29 is 19.1 Å². The zero-order valence-electron chi connectivity index (χ0n) is 16.1. The minimum absolute atomic E-state index is 0.182. The number of carbonyl (C=O) groups excluding carboxylic acids is 2. The number of amides is 2. The van der Waals surface area contributed by atoms with Crippen LogP contribution in [0.2, 0.25) is 0 Å². The first kappa shape index (κ1) is 20.9. The number of imide groups is 1. The molecule has 2 aromatic rings. The smallest absolute Gasteiger partial charge is 0.275 e. The summed E-state index contributed by atoms with van der Waals surface area (Å²) in [4.78, 5) is 36.3. The van der Waals surface area contributed by atoms with Gasteiger partial charge < -0.3 is 20.5 Å². The molecule has 0 saturated carbocycles. The molecule has 1 saturated heterocycles. The molecule has 1 atom stereocenters. The lowest BCUT2D eigenvalue weighted by Gasteiger charge is -2.22. The number of ether oxygens (including phenoxy) is 2. The minimum atomic E-state index is -0.781. The molecule has 0 aliphatic carbocycles. The van der Waals surface area contributed by atoms with Crippen molar-refractivity contribution in [3.05, 3.63) is 34.7 Å². The Balaban J connectivity index is 1.65. The van der Waals surface area contributed by atoms with Gasteiger partial charge in [0.2, 0.25) is 5.91 Å². The van der Waals surface area contributed by atoms with E-state index in [1.165, 1.54) is 0 Å². The largest absolute Gasteiger partial charge is 0.382 e. The van der Waals surface area contributed by atoms with Gasteiger partial charge in [-0.3, -0.25) is 19.7 Å². The zero-order valence-corrected chi connectivity index (χ0v) is 16.1. The molecule has 10 nitrogen and oxygen atoms in total. The van der Waals surface area contributed by atoms with Crippen molar-refractivity contribution in [2.45, 2.75) is 18.9 Å². The maximum Gasteiger partial charge on any atom is 0.275 e. The van der Waals surface area contributed by atoms with Crippen LogP contribution in [0.15, 0.2) is 29.2 Å². The van der Waals surface area contributed by atoms with Crippen LogP contribution in [0.5, 0.6) is 0 Å². The normalized spacial score (nSPS) is 16.8. The number of hydrogen-bond donors (Lipinski definition) is 3. The number of nitrogens with zero attached hydrogens (tertiary/aromatic N) is 2. The summed E-state index contributed by atoms with van der Waals surface area (Å²) >= 11 is 0. The van der Waals surface area contributed by atoms with Crippen molar-refractivity contribution in [1.29, 1.82) is 0 Å². The monoisotopic (exact) mass is 403 g/mol. The number of carbonyl (C=O) groups is 2. The third-order valence-corrected chi connectivity index (χ3v) is 4.56. The second-order valence-electron chi connectivity index (χ2n) is 6.57. The summed E-state index contributed by atoms with van der Waals surface area (Å²) in [6, 6.07) is 4.53. The lowest BCUT2D eigenvalue weighted by Crippen LogP contribution is -2.45. The Kier molecular flexibility index (Phi) is 7.28. The summed E-state index contributed by atoms with van der Waals surface area (Å²) in [5.74, 6) is -0.836. The summed E-state index contributed by atoms with van der Waals surface area (Å²) in [5.41, 5.74) is 5.73. The van der Waals surface area contributed by atoms with Gasteiger partial charge in [0.25, 0.3) is 11.5 Å². The summed E-state index contributed by atoms with van der Waals surface area (Å²) in [6.07, 6.45) is 2.00. The number of anilines is 1. The number of benzene rings is 1. The van der Waals surface area contributed by atoms with Gasteiger partial charge in [0.1, 0.15) is 6.04 Å². The molecule has 1 aliphatic heterocycles. The highest BCUT2D eigenvalue weighted by Gasteiger charge is 2.30. The molecule has 29 heavy (non-hydrogen) atoms. The van der Waals surface area contributed by atoms with Crippen LogP contribution in [0.25, 0.3) is 10.8 Å². The molecule has 1 aromatic heterocycles. The van der Waals surface area contributed by atoms with E-state index < -0.39 is 11.9 Å². The molecule has 0 spiro atoms. The van der Waals surface area contributed by atoms with Crippen LogP contribution in [0.3, 0.4) is 0 Å². The molecule has 2 heterocycles. The number of fused-ring (bicyclic) bond motifs is 1. The molecule has 1 fully saturated rings. The van der Waals surface area contributed by atoms with E-state index >= 15 is 0 Å². The lowest BCUT2D eigenvalue weighted by atomic mass is 10.1. The van der Waals surface area contributed by atoms with Crippen molar-refractivity contribution in [3.8, 4) is 0 Å². The standard InChI is InChI=1S/C19H25N5O5/c20-6-8-28-10-11-29-9-7-21-15-3-1-2-13-14(15)12-22-24(19(13)27)16-4-5-17(25)23-18(16)26/h1-3,12,16,21H,4-11,20H2,(H,23,25,26). The Morgan fingerprint density at radius 2 is 1.93 bits per heavy atom. The zero-order chi connectivity index (χ0) is 20.6. The van der Waals surface area contributed by atoms with Crippen LogP contribution in [-0.2, 0) is 19.1 Å². The lowest BCUT2D eigenvalue weighted by molar-refractivity contribution is -0.136. The Hall–Kier alpha value is -2.82. The summed E-state index contributed by atoms with van der Waals surface area (Å²) in [7, 11) is 0. The van der Waals surface area contributed by atoms with Crippen LogP contribution in [-0.4, -0.2) is 61.1 Å². The third kappa shape index (κ3) is 5.17. The van der Waals surface area contributed by atoms with Crippen molar-refractivity contribution in [1.82, 2.24) is 15.1 Å². The highest BCUT2D eigenvalue weighted by molar-refractivity contribution is 5.99. The highest BCUT2D eigenvalue weighted by atomic mass is 16.5. The average Bonchev–Trinajstić information content (AvgIpc) is 2.71. The molecule has 156 valence electrons. The van der Waals surface area contributed by atoms with Gasteiger partial charge in [-0.05, 0) is 18.6 Å². The predicted molar refractivity (Wildman–Crippen MR) is 107 cm³/mol. The van der Waals surface area contributed by atoms with E-state index in [1.807, 2.05) is 6.07 Å². The second-order valence-corrected chi connectivity index (χ2v) is 6.57. The Morgan fingerprint density at radius 1 is 1.14 bits per heavy atom. The first-order valence-corrected chi connectivity index (χ1v) is 9.55. The summed E-state index contributed by atoms with van der Waals surface area (Å²) in [5, 5.41) is 10.8. The van der Waals surface area contributed by atoms with Crippen molar-refractivity contribution in [2.75, 3.05) is 44.8 Å². The quantitative estimate of drug-likeness (QED) is 0.366. The van der Waals surface area contributed by atoms with Gasteiger partial charge in [-0.2, -0.15) is 5.10 Å². The average molecular weight is 403 g/mol. The van der Waals surface area contributed by atoms with Gasteiger partial charge >= 0.3 is 0 Å². The van der Waals surface area contributed by atoms with Gasteiger partial charge in [0.15, 0.2) is 0 Å². The molecule has 1 aliphatic rings. The molecular formula is C19H25N5O5. The molecule has 0 bridgehead atoms. The number of hydrogen-bond acceptors (Lipinski definition) is 8. The Bertz CT molecular complexity index is 929. The van der Waals surface area contributed by atoms with E-state index in [9.17, 15) is 14.4 Å². The Labute approximate surface area is 167 Å². The number of aromatic nitrogens is 2. The van der Waals surface area contributed by atoms with Crippen LogP contribution < -0.4 is 21.9 Å². The molecule has 4 N–H and O–H groups in total. The first-order valence-electron chi connectivity index (χ1n) is 9.55. The van der Waals surface area contributed by atoms with Crippen LogP contribution in [0.1, 0.15) is 18.9 Å². The second kappa shape index (κ2) is 10.1. The van der Waals surface area contributed by atoms with Gasteiger partial charge in [-0.15, -0.1) is 0 Å². The predicted octanol–water partition coefficient (Wildman–Crippen LogP) is -0.222. The van der Waals surface area contributed by atoms with E-state index in [4.69, 9.17) is 15.2 Å². The van der Waals surface area contributed by atoms with E-state index in [2.05, 4.69) is 15.7 Å². The SMILES string of the molecule is NCCOCCOCCNc1cccc2c(=O)n(C3CCC(=O)NC3=O)ncc12. The minimum Gasteiger partial charge on any atom is -0.382 e. The fourth-order valence-corrected chi connectivity index (χ4v) is 3.14. The molecule has 10 heteroatoms. The number of rotatable bonds is 10. The van der Waals surface area contributed by atoms with Crippen molar-refractivity contribution in [2.24, 2.45) is 5.73 Å². The van der Waals surface area contributed by atoms with Crippen LogP contribution >= 0.6 is 0 Å². The molecule has 2 amide bonds. The van der Waals surface area contributed by atoms with E-state index in [0.29, 0.717) is 50.3 Å². The number of nitrogens with two attached hydrogens (primary N) is 1. The molecule has 3 rings (SSSR count). The van der Waals surface area contributed by atoms with Crippen molar-refractivity contribution >= 4 is 28.3 Å². The number of nitrogens with one attached hydrogen (secondary N) is 2. The topological polar surface area (TPSA) is 138 Å². The third-order valence-electron chi connectivity index (χ3n) is 4.56. The summed E-state index contributed by atoms with van der Waals surface area (Å²) < 4.78 is 11.9. The maximum absolute atomic E-state index is 12.9. The van der Waals surface area contributed by atoms with Gasteiger partial charge in [0.05, 0.1) is 38.0 Å². The van der Waals surface area contributed by atoms with E-state index in [1.54, 1.807) is 18.3 Å². The maximum atomic E-state index is 12.9. The van der Waals surface area contributed by atoms with Gasteiger partial charge in [-0.25, -0.2) is 4.68 Å². The Morgan fingerprint density at radius 3 is 2.69 bits per heavy atom. The van der Waals surface area contributed by atoms with Gasteiger partial charge in [0, 0.05) is 30.6 Å². The molecule has 0 radical (unpaired) electrons. The number of piperidine rings is 1. The van der Waals surface area contributed by atoms with Gasteiger partial charge in [-0.1, -0.05) is 6.07 Å². The fraction of sp³-hybridized carbons (Fsp3) is 0.474. The van der Waals surface area contributed by atoms with Crippen LogP contribution in [0, 0.1) is 0 Å². The highest BCUT2D eigenvalue weighted by Crippen LogP contribution is 2.22. The van der Waals surface area contributed by atoms with E-state index in [-0.39, 0.29) is 24.3 Å². The molecular weight excluding hydrogens is 378 g/mol. The van der Waals surface area contributed by atoms with E-state index in [0.717, 1.165) is 10.4 Å². The molecule has 1 aromatic carbocycles. The van der Waals surface area contributed by atoms with Crippen LogP contribution in [0.4, 0.5) is 5.69 Å². The van der Waals surface area contributed by atoms with Crippen molar-refractivity contribution in [3.63, 3.8) is 0 Å². The fourth-order valence-electron chi connectivity index (χ4n) is 3.14. The summed E-state index contributed by atoms with van der Waals surface area (Å²) in [6.45, 7) is 3.00. The first-order chi connectivity index (χ1) is 14.1.